The Morgan fingerprint density at radius 1 is 1.18 bits per heavy atom. The first-order chi connectivity index (χ1) is 15.9. The molecule has 1 saturated heterocycles. The van der Waals surface area contributed by atoms with E-state index in [1.54, 1.807) is 7.05 Å². The number of fused-ring (bicyclic) bond motifs is 1. The van der Waals surface area contributed by atoms with E-state index in [9.17, 15) is 9.59 Å². The van der Waals surface area contributed by atoms with E-state index in [-0.39, 0.29) is 17.6 Å². The molecule has 3 heterocycles. The number of aromatic amines is 1. The van der Waals surface area contributed by atoms with Gasteiger partial charge >= 0.3 is 6.03 Å². The molecule has 0 saturated carbocycles. The zero-order valence-corrected chi connectivity index (χ0v) is 19.4. The van der Waals surface area contributed by atoms with E-state index >= 15 is 0 Å². The van der Waals surface area contributed by atoms with Gasteiger partial charge in [0, 0.05) is 55.0 Å². The minimum Gasteiger partial charge on any atom is -0.378 e. The number of nitrogens with one attached hydrogen (secondary N) is 3. The third kappa shape index (κ3) is 4.75. The summed E-state index contributed by atoms with van der Waals surface area (Å²) in [6, 6.07) is 6.95. The van der Waals surface area contributed by atoms with Crippen LogP contribution >= 0.6 is 0 Å². The number of aryl methyl sites for hydroxylation is 2. The molecule has 4 rings (SSSR count). The van der Waals surface area contributed by atoms with Crippen LogP contribution < -0.4 is 20.4 Å². The average Bonchev–Trinajstić information content (AvgIpc) is 3.12. The molecule has 0 radical (unpaired) electrons. The molecule has 2 aromatic heterocycles. The number of rotatable bonds is 5. The number of hydrogen-bond acceptors (Lipinski definition) is 6. The van der Waals surface area contributed by atoms with Crippen molar-refractivity contribution >= 4 is 40.3 Å². The minimum atomic E-state index is -0.373. The van der Waals surface area contributed by atoms with Crippen molar-refractivity contribution in [2.45, 2.75) is 20.8 Å². The number of carbonyl (C=O) groups is 2. The smallest absolute Gasteiger partial charge is 0.322 e. The van der Waals surface area contributed by atoms with Gasteiger partial charge in [-0.15, -0.1) is 0 Å². The summed E-state index contributed by atoms with van der Waals surface area (Å²) in [6.07, 6.45) is 0. The Hall–Kier alpha value is -3.66. The van der Waals surface area contributed by atoms with Crippen LogP contribution in [0.3, 0.4) is 0 Å². The van der Waals surface area contributed by atoms with E-state index in [0.717, 1.165) is 22.2 Å². The highest BCUT2D eigenvalue weighted by Gasteiger charge is 2.21. The number of ether oxygens (including phenoxy) is 1. The van der Waals surface area contributed by atoms with E-state index in [1.807, 2.05) is 43.9 Å². The summed E-state index contributed by atoms with van der Waals surface area (Å²) in [5.41, 5.74) is 4.10. The van der Waals surface area contributed by atoms with Crippen LogP contribution in [0.4, 0.5) is 22.2 Å². The van der Waals surface area contributed by atoms with Crippen LogP contribution in [0.2, 0.25) is 0 Å². The van der Waals surface area contributed by atoms with Crippen LogP contribution in [0.25, 0.3) is 10.9 Å². The molecule has 0 spiro atoms. The van der Waals surface area contributed by atoms with Gasteiger partial charge in [0.05, 0.1) is 13.2 Å². The fourth-order valence-corrected chi connectivity index (χ4v) is 3.72. The standard InChI is InChI=1S/C23H29N7O3/c1-5-24-23(32)29(4)20-13-19(27-22(28-20)30-8-10-33-11-9-30)21(31)26-16-6-7-18-17(12-16)14(2)15(3)25-18/h6-7,12-13,25H,5,8-11H2,1-4H3,(H,24,32)(H,26,31). The van der Waals surface area contributed by atoms with Gasteiger partial charge in [0.25, 0.3) is 5.91 Å². The monoisotopic (exact) mass is 451 g/mol. The Kier molecular flexibility index (Phi) is 6.45. The predicted molar refractivity (Wildman–Crippen MR) is 128 cm³/mol. The van der Waals surface area contributed by atoms with Crippen LogP contribution in [-0.2, 0) is 4.74 Å². The second-order valence-electron chi connectivity index (χ2n) is 7.99. The Morgan fingerprint density at radius 3 is 2.67 bits per heavy atom. The summed E-state index contributed by atoms with van der Waals surface area (Å²) >= 11 is 0. The second-order valence-corrected chi connectivity index (χ2v) is 7.99. The number of hydrogen-bond donors (Lipinski definition) is 3. The van der Waals surface area contributed by atoms with E-state index in [2.05, 4.69) is 25.6 Å². The molecule has 1 fully saturated rings. The molecule has 3 amide bonds. The largest absolute Gasteiger partial charge is 0.378 e. The van der Waals surface area contributed by atoms with Crippen molar-refractivity contribution in [3.8, 4) is 0 Å². The summed E-state index contributed by atoms with van der Waals surface area (Å²) in [6.45, 7) is 8.72. The number of anilines is 3. The van der Waals surface area contributed by atoms with E-state index in [0.29, 0.717) is 50.3 Å². The van der Waals surface area contributed by atoms with Crippen molar-refractivity contribution in [2.75, 3.05) is 55.0 Å². The number of H-pyrrole nitrogens is 1. The van der Waals surface area contributed by atoms with Gasteiger partial charge in [-0.25, -0.2) is 9.78 Å². The Labute approximate surface area is 192 Å². The molecule has 1 aliphatic heterocycles. The predicted octanol–water partition coefficient (Wildman–Crippen LogP) is 2.83. The zero-order chi connectivity index (χ0) is 23.5. The summed E-state index contributed by atoms with van der Waals surface area (Å²) < 4.78 is 5.42. The van der Waals surface area contributed by atoms with E-state index < -0.39 is 0 Å². The van der Waals surface area contributed by atoms with Crippen molar-refractivity contribution in [2.24, 2.45) is 0 Å². The van der Waals surface area contributed by atoms with Crippen LogP contribution in [0.1, 0.15) is 28.7 Å². The molecule has 3 N–H and O–H groups in total. The number of amides is 3. The van der Waals surface area contributed by atoms with Gasteiger partial charge in [-0.3, -0.25) is 9.69 Å². The first-order valence-electron chi connectivity index (χ1n) is 11.0. The van der Waals surface area contributed by atoms with Crippen molar-refractivity contribution in [1.82, 2.24) is 20.3 Å². The van der Waals surface area contributed by atoms with Gasteiger partial charge in [0.15, 0.2) is 0 Å². The number of urea groups is 1. The number of aromatic nitrogens is 3. The number of benzene rings is 1. The average molecular weight is 452 g/mol. The fourth-order valence-electron chi connectivity index (χ4n) is 3.72. The summed E-state index contributed by atoms with van der Waals surface area (Å²) in [4.78, 5) is 41.3. The highest BCUT2D eigenvalue weighted by atomic mass is 16.5. The van der Waals surface area contributed by atoms with Crippen LogP contribution in [0.5, 0.6) is 0 Å². The van der Waals surface area contributed by atoms with Gasteiger partial charge in [0.2, 0.25) is 5.95 Å². The van der Waals surface area contributed by atoms with Crippen molar-refractivity contribution < 1.29 is 14.3 Å². The second kappa shape index (κ2) is 9.45. The van der Waals surface area contributed by atoms with Crippen LogP contribution in [0.15, 0.2) is 24.3 Å². The maximum absolute atomic E-state index is 13.2. The molecule has 10 nitrogen and oxygen atoms in total. The Morgan fingerprint density at radius 2 is 1.94 bits per heavy atom. The molecule has 10 heteroatoms. The van der Waals surface area contributed by atoms with Crippen molar-refractivity contribution in [1.29, 1.82) is 0 Å². The van der Waals surface area contributed by atoms with Gasteiger partial charge in [-0.1, -0.05) is 0 Å². The van der Waals surface area contributed by atoms with Crippen molar-refractivity contribution in [3.63, 3.8) is 0 Å². The van der Waals surface area contributed by atoms with Crippen LogP contribution in [-0.4, -0.2) is 66.8 Å². The number of nitrogens with zero attached hydrogens (tertiary/aromatic N) is 4. The Balaban J connectivity index is 1.65. The van der Waals surface area contributed by atoms with E-state index in [4.69, 9.17) is 4.74 Å². The fraction of sp³-hybridized carbons (Fsp3) is 0.391. The number of carbonyl (C=O) groups excluding carboxylic acids is 2. The number of morpholine rings is 1. The summed E-state index contributed by atoms with van der Waals surface area (Å²) in [7, 11) is 1.61. The molecule has 174 valence electrons. The topological polar surface area (TPSA) is 115 Å². The molecule has 3 aromatic rings. The lowest BCUT2D eigenvalue weighted by molar-refractivity contribution is 0.102. The molecular weight excluding hydrogens is 422 g/mol. The third-order valence-electron chi connectivity index (χ3n) is 5.77. The lowest BCUT2D eigenvalue weighted by Gasteiger charge is -2.28. The third-order valence-corrected chi connectivity index (χ3v) is 5.77. The van der Waals surface area contributed by atoms with Gasteiger partial charge < -0.3 is 25.3 Å². The zero-order valence-electron chi connectivity index (χ0n) is 19.4. The van der Waals surface area contributed by atoms with Crippen LogP contribution in [0, 0.1) is 13.8 Å². The highest BCUT2D eigenvalue weighted by Crippen LogP contribution is 2.25. The molecule has 33 heavy (non-hydrogen) atoms. The quantitative estimate of drug-likeness (QED) is 0.549. The van der Waals surface area contributed by atoms with Gasteiger partial charge in [-0.2, -0.15) is 4.98 Å². The molecule has 0 atom stereocenters. The Bertz CT molecular complexity index is 1180. The molecule has 1 aliphatic rings. The maximum atomic E-state index is 13.2. The SMILES string of the molecule is CCNC(=O)N(C)c1cc(C(=O)Nc2ccc3[nH]c(C)c(C)c3c2)nc(N2CCOCC2)n1. The van der Waals surface area contributed by atoms with Gasteiger partial charge in [0.1, 0.15) is 11.5 Å². The lowest BCUT2D eigenvalue weighted by atomic mass is 10.1. The molecular formula is C23H29N7O3. The van der Waals surface area contributed by atoms with Crippen molar-refractivity contribution in [3.05, 3.63) is 41.2 Å². The minimum absolute atomic E-state index is 0.180. The molecule has 0 unspecified atom stereocenters. The van der Waals surface area contributed by atoms with Gasteiger partial charge in [-0.05, 0) is 44.5 Å². The summed E-state index contributed by atoms with van der Waals surface area (Å²) in [5.74, 6) is 0.363. The lowest BCUT2D eigenvalue weighted by Crippen LogP contribution is -2.40. The first-order valence-corrected chi connectivity index (χ1v) is 11.0. The molecule has 1 aromatic carbocycles. The molecule has 0 aliphatic carbocycles. The normalized spacial score (nSPS) is 13.8. The molecule has 0 bridgehead atoms. The summed E-state index contributed by atoms with van der Waals surface area (Å²) in [5, 5.41) is 6.73. The first kappa shape index (κ1) is 22.5. The maximum Gasteiger partial charge on any atom is 0.322 e. The highest BCUT2D eigenvalue weighted by molar-refractivity contribution is 6.05. The van der Waals surface area contributed by atoms with E-state index in [1.165, 1.54) is 11.0 Å².